The Hall–Kier alpha value is -1.18. The summed E-state index contributed by atoms with van der Waals surface area (Å²) < 4.78 is 9.29. The smallest absolute Gasteiger partial charge is 0.335 e. The van der Waals surface area contributed by atoms with E-state index in [4.69, 9.17) is 9.84 Å². The third-order valence-corrected chi connectivity index (χ3v) is 1.95. The van der Waals surface area contributed by atoms with E-state index in [1.54, 1.807) is 0 Å². The first kappa shape index (κ1) is 11.9. The normalized spacial score (nSPS) is 35.9. The van der Waals surface area contributed by atoms with Crippen LogP contribution in [0.15, 0.2) is 0 Å². The minimum absolute atomic E-state index is 0.213. The van der Waals surface area contributed by atoms with Crippen LogP contribution in [0.25, 0.3) is 0 Å². The first-order valence-electron chi connectivity index (χ1n) is 4.33. The van der Waals surface area contributed by atoms with Crippen LogP contribution >= 0.6 is 0 Å². The summed E-state index contributed by atoms with van der Waals surface area (Å²) in [5.74, 6) is -2.06. The number of hydrogen-bond acceptors (Lipinski definition) is 6. The molecule has 0 aromatic carbocycles. The van der Waals surface area contributed by atoms with Gasteiger partial charge in [-0.05, 0) is 0 Å². The van der Waals surface area contributed by atoms with Crippen LogP contribution < -0.4 is 0 Å². The van der Waals surface area contributed by atoms with Crippen molar-refractivity contribution in [3.05, 3.63) is 0 Å². The molecule has 0 aromatic heterocycles. The standard InChI is InChI=1S/C8H12O7/c1-3(9)14-8-5(11)2-4(10)6(15-8)7(12)13/h4-6,8,10-11H,2H2,1H3,(H,12,13). The Bertz CT molecular complexity index is 264. The molecule has 0 bridgehead atoms. The van der Waals surface area contributed by atoms with Gasteiger partial charge >= 0.3 is 11.9 Å². The van der Waals surface area contributed by atoms with Crippen LogP contribution in [-0.2, 0) is 19.1 Å². The van der Waals surface area contributed by atoms with Gasteiger partial charge in [0.15, 0.2) is 6.10 Å². The molecule has 1 aliphatic rings. The molecule has 4 atom stereocenters. The number of esters is 1. The minimum Gasteiger partial charge on any atom is -0.479 e. The van der Waals surface area contributed by atoms with Gasteiger partial charge in [-0.25, -0.2) is 4.79 Å². The largest absolute Gasteiger partial charge is 0.479 e. The maximum Gasteiger partial charge on any atom is 0.335 e. The molecular formula is C8H12O7. The van der Waals surface area contributed by atoms with Gasteiger partial charge in [0.05, 0.1) is 6.10 Å². The Morgan fingerprint density at radius 2 is 1.93 bits per heavy atom. The molecule has 1 fully saturated rings. The summed E-state index contributed by atoms with van der Waals surface area (Å²) >= 11 is 0. The van der Waals surface area contributed by atoms with Gasteiger partial charge in [0.25, 0.3) is 0 Å². The van der Waals surface area contributed by atoms with Gasteiger partial charge in [-0.3, -0.25) is 4.79 Å². The fraction of sp³-hybridized carbons (Fsp3) is 0.750. The lowest BCUT2D eigenvalue weighted by molar-refractivity contribution is -0.257. The number of carbonyl (C=O) groups is 2. The molecule has 7 heteroatoms. The molecule has 0 amide bonds. The lowest BCUT2D eigenvalue weighted by Crippen LogP contribution is -2.51. The van der Waals surface area contributed by atoms with Crippen molar-refractivity contribution in [2.45, 2.75) is 37.9 Å². The Morgan fingerprint density at radius 3 is 2.40 bits per heavy atom. The molecule has 86 valence electrons. The summed E-state index contributed by atoms with van der Waals surface area (Å²) in [6, 6.07) is 0. The van der Waals surface area contributed by atoms with Gasteiger partial charge < -0.3 is 24.8 Å². The molecule has 1 rings (SSSR count). The Kier molecular flexibility index (Phi) is 3.61. The van der Waals surface area contributed by atoms with E-state index in [2.05, 4.69) is 4.74 Å². The topological polar surface area (TPSA) is 113 Å². The van der Waals surface area contributed by atoms with Crippen LogP contribution in [0.2, 0.25) is 0 Å². The highest BCUT2D eigenvalue weighted by atomic mass is 16.7. The van der Waals surface area contributed by atoms with E-state index in [1.165, 1.54) is 0 Å². The second-order valence-electron chi connectivity index (χ2n) is 3.24. The van der Waals surface area contributed by atoms with E-state index < -0.39 is 36.5 Å². The summed E-state index contributed by atoms with van der Waals surface area (Å²) in [7, 11) is 0. The highest BCUT2D eigenvalue weighted by Crippen LogP contribution is 2.21. The zero-order valence-electron chi connectivity index (χ0n) is 7.99. The third kappa shape index (κ3) is 2.88. The van der Waals surface area contributed by atoms with Gasteiger partial charge in [0, 0.05) is 13.3 Å². The number of carboxylic acids is 1. The van der Waals surface area contributed by atoms with Gasteiger partial charge in [-0.2, -0.15) is 0 Å². The van der Waals surface area contributed by atoms with Crippen molar-refractivity contribution >= 4 is 11.9 Å². The second kappa shape index (κ2) is 4.56. The summed E-state index contributed by atoms with van der Waals surface area (Å²) in [5.41, 5.74) is 0. The van der Waals surface area contributed by atoms with E-state index in [-0.39, 0.29) is 6.42 Å². The molecule has 0 aromatic rings. The molecule has 3 N–H and O–H groups in total. The van der Waals surface area contributed by atoms with Gasteiger partial charge in [0.1, 0.15) is 6.10 Å². The summed E-state index contributed by atoms with van der Waals surface area (Å²) in [6.07, 6.45) is -5.58. The second-order valence-corrected chi connectivity index (χ2v) is 3.24. The zero-order valence-corrected chi connectivity index (χ0v) is 7.99. The summed E-state index contributed by atoms with van der Waals surface area (Å²) in [4.78, 5) is 21.2. The van der Waals surface area contributed by atoms with Crippen molar-refractivity contribution in [1.82, 2.24) is 0 Å². The number of carboxylic acid groups (broad SMARTS) is 1. The van der Waals surface area contributed by atoms with Crippen LogP contribution in [0.1, 0.15) is 13.3 Å². The molecule has 1 saturated heterocycles. The number of ether oxygens (including phenoxy) is 2. The van der Waals surface area contributed by atoms with Crippen molar-refractivity contribution in [1.29, 1.82) is 0 Å². The fourth-order valence-electron chi connectivity index (χ4n) is 1.30. The predicted molar refractivity (Wildman–Crippen MR) is 44.7 cm³/mol. The molecule has 1 aliphatic heterocycles. The Labute approximate surface area is 85.2 Å². The predicted octanol–water partition coefficient (Wildman–Crippen LogP) is -1.53. The van der Waals surface area contributed by atoms with E-state index in [1.807, 2.05) is 0 Å². The number of aliphatic hydroxyl groups is 2. The Balaban J connectivity index is 2.66. The van der Waals surface area contributed by atoms with E-state index in [0.717, 1.165) is 6.92 Å². The van der Waals surface area contributed by atoms with E-state index in [9.17, 15) is 19.8 Å². The molecule has 0 spiro atoms. The van der Waals surface area contributed by atoms with Crippen LogP contribution in [0, 0.1) is 0 Å². The van der Waals surface area contributed by atoms with E-state index >= 15 is 0 Å². The maximum atomic E-state index is 10.6. The van der Waals surface area contributed by atoms with Crippen molar-refractivity contribution in [3.8, 4) is 0 Å². The first-order chi connectivity index (χ1) is 6.91. The summed E-state index contributed by atoms with van der Waals surface area (Å²) in [6.45, 7) is 1.11. The van der Waals surface area contributed by atoms with Crippen molar-refractivity contribution in [2.24, 2.45) is 0 Å². The molecule has 0 saturated carbocycles. The number of hydrogen-bond donors (Lipinski definition) is 3. The first-order valence-corrected chi connectivity index (χ1v) is 4.33. The van der Waals surface area contributed by atoms with Crippen LogP contribution in [0.4, 0.5) is 0 Å². The highest BCUT2D eigenvalue weighted by Gasteiger charge is 2.41. The molecule has 1 heterocycles. The summed E-state index contributed by atoms with van der Waals surface area (Å²) in [5, 5.41) is 27.2. The number of rotatable bonds is 2. The highest BCUT2D eigenvalue weighted by molar-refractivity contribution is 5.73. The lowest BCUT2D eigenvalue weighted by atomic mass is 10.0. The average molecular weight is 220 g/mol. The fourth-order valence-corrected chi connectivity index (χ4v) is 1.30. The van der Waals surface area contributed by atoms with E-state index in [0.29, 0.717) is 0 Å². The maximum absolute atomic E-state index is 10.6. The Morgan fingerprint density at radius 1 is 1.33 bits per heavy atom. The monoisotopic (exact) mass is 220 g/mol. The quantitative estimate of drug-likeness (QED) is 0.484. The number of carbonyl (C=O) groups excluding carboxylic acids is 1. The van der Waals surface area contributed by atoms with Crippen molar-refractivity contribution < 1.29 is 34.4 Å². The molecule has 4 unspecified atom stereocenters. The third-order valence-electron chi connectivity index (χ3n) is 1.95. The van der Waals surface area contributed by atoms with Gasteiger partial charge in [0.2, 0.25) is 6.29 Å². The molecule has 7 nitrogen and oxygen atoms in total. The molecular weight excluding hydrogens is 208 g/mol. The van der Waals surface area contributed by atoms with Crippen LogP contribution in [-0.4, -0.2) is 51.9 Å². The number of aliphatic carboxylic acids is 1. The molecule has 0 radical (unpaired) electrons. The van der Waals surface area contributed by atoms with Crippen LogP contribution in [0.5, 0.6) is 0 Å². The van der Waals surface area contributed by atoms with Gasteiger partial charge in [-0.1, -0.05) is 0 Å². The van der Waals surface area contributed by atoms with Crippen molar-refractivity contribution in [3.63, 3.8) is 0 Å². The average Bonchev–Trinajstić information content (AvgIpc) is 2.08. The van der Waals surface area contributed by atoms with Crippen molar-refractivity contribution in [2.75, 3.05) is 0 Å². The minimum atomic E-state index is -1.49. The zero-order chi connectivity index (χ0) is 11.6. The lowest BCUT2D eigenvalue weighted by Gasteiger charge is -2.34. The molecule has 15 heavy (non-hydrogen) atoms. The van der Waals surface area contributed by atoms with Gasteiger partial charge in [-0.15, -0.1) is 0 Å². The molecule has 0 aliphatic carbocycles. The SMILES string of the molecule is CC(=O)OC1OC(C(=O)O)C(O)CC1O. The van der Waals surface area contributed by atoms with Crippen LogP contribution in [0.3, 0.4) is 0 Å². The number of aliphatic hydroxyl groups excluding tert-OH is 2.